The Labute approximate surface area is 163 Å². The Hall–Kier alpha value is -2.78. The first kappa shape index (κ1) is 18.6. The van der Waals surface area contributed by atoms with Crippen molar-refractivity contribution in [3.8, 4) is 11.1 Å². The Bertz CT molecular complexity index is 1290. The number of rotatable bonds is 2. The fourth-order valence-electron chi connectivity index (χ4n) is 3.69. The Balaban J connectivity index is 0.000000239. The quantitative estimate of drug-likeness (QED) is 0.396. The molecule has 0 saturated heterocycles. The average molecular weight is 389 g/mol. The third-order valence-electron chi connectivity index (χ3n) is 4.78. The van der Waals surface area contributed by atoms with E-state index in [-0.39, 0.29) is 6.16 Å². The molecule has 140 valence electrons. The molecule has 1 heterocycles. The Morgan fingerprint density at radius 1 is 1.07 bits per heavy atom. The van der Waals surface area contributed by atoms with E-state index < -0.39 is 7.60 Å². The Morgan fingerprint density at radius 3 is 2.50 bits per heavy atom. The molecule has 1 aliphatic heterocycles. The molecule has 5 rings (SSSR count). The molecule has 5 heteroatoms. The van der Waals surface area contributed by atoms with Gasteiger partial charge >= 0.3 is 7.60 Å². The summed E-state index contributed by atoms with van der Waals surface area (Å²) in [5, 5.41) is 5.07. The highest BCUT2D eigenvalue weighted by Gasteiger charge is 2.19. The molecule has 3 aromatic rings. The summed E-state index contributed by atoms with van der Waals surface area (Å²) in [4.78, 5) is 21.0. The number of fused-ring (bicyclic) bond motifs is 8. The molecular weight excluding hydrogens is 369 g/mol. The maximum Gasteiger partial charge on any atom is 0.329 e. The van der Waals surface area contributed by atoms with Gasteiger partial charge in [-0.25, -0.2) is 4.99 Å². The van der Waals surface area contributed by atoms with Gasteiger partial charge in [-0.15, -0.1) is 6.58 Å². The van der Waals surface area contributed by atoms with Crippen molar-refractivity contribution in [2.75, 3.05) is 6.16 Å². The zero-order valence-corrected chi connectivity index (χ0v) is 16.1. The van der Waals surface area contributed by atoms with E-state index in [4.69, 9.17) is 14.8 Å². The van der Waals surface area contributed by atoms with Crippen molar-refractivity contribution >= 4 is 36.2 Å². The van der Waals surface area contributed by atoms with Crippen LogP contribution in [0.1, 0.15) is 12.0 Å². The molecule has 0 amide bonds. The van der Waals surface area contributed by atoms with Gasteiger partial charge in [-0.3, -0.25) is 4.57 Å². The van der Waals surface area contributed by atoms with Gasteiger partial charge in [0, 0.05) is 16.3 Å². The Kier molecular flexibility index (Phi) is 4.86. The topological polar surface area (TPSA) is 69.9 Å². The second kappa shape index (κ2) is 7.33. The zero-order chi connectivity index (χ0) is 19.7. The van der Waals surface area contributed by atoms with Crippen LogP contribution in [0.3, 0.4) is 0 Å². The molecular formula is C23H20NO3P. The van der Waals surface area contributed by atoms with E-state index in [1.807, 2.05) is 0 Å². The number of hydrogen-bond donors (Lipinski definition) is 2. The van der Waals surface area contributed by atoms with Crippen molar-refractivity contribution in [3.63, 3.8) is 0 Å². The summed E-state index contributed by atoms with van der Waals surface area (Å²) in [7, 11) is -3.78. The van der Waals surface area contributed by atoms with Crippen molar-refractivity contribution in [2.45, 2.75) is 6.42 Å². The van der Waals surface area contributed by atoms with Gasteiger partial charge in [-0.2, -0.15) is 0 Å². The Morgan fingerprint density at radius 2 is 1.79 bits per heavy atom. The first-order chi connectivity index (χ1) is 13.5. The highest BCUT2D eigenvalue weighted by atomic mass is 31.2. The van der Waals surface area contributed by atoms with Crippen molar-refractivity contribution in [3.05, 3.63) is 83.4 Å². The van der Waals surface area contributed by atoms with Crippen LogP contribution in [0.5, 0.6) is 0 Å². The van der Waals surface area contributed by atoms with Crippen LogP contribution in [0, 0.1) is 0 Å². The maximum atomic E-state index is 9.85. The van der Waals surface area contributed by atoms with Gasteiger partial charge in [-0.05, 0) is 28.8 Å². The van der Waals surface area contributed by atoms with Crippen LogP contribution in [-0.4, -0.2) is 15.9 Å². The highest BCUT2D eigenvalue weighted by molar-refractivity contribution is 7.51. The van der Waals surface area contributed by atoms with Gasteiger partial charge in [0.1, 0.15) is 0 Å². The van der Waals surface area contributed by atoms with Crippen molar-refractivity contribution in [1.29, 1.82) is 0 Å². The second-order valence-electron chi connectivity index (χ2n) is 6.70. The van der Waals surface area contributed by atoms with Gasteiger partial charge in [0.15, 0.2) is 0 Å². The largest absolute Gasteiger partial charge is 0.329 e. The molecule has 3 aromatic carbocycles. The first-order valence-corrected chi connectivity index (χ1v) is 10.8. The summed E-state index contributed by atoms with van der Waals surface area (Å²) < 4.78 is 9.85. The minimum Gasteiger partial charge on any atom is -0.324 e. The van der Waals surface area contributed by atoms with Crippen LogP contribution in [0.25, 0.3) is 34.1 Å². The molecule has 1 aliphatic carbocycles. The van der Waals surface area contributed by atoms with E-state index in [0.717, 1.165) is 17.5 Å². The zero-order valence-electron chi connectivity index (χ0n) is 15.2. The average Bonchev–Trinajstić information content (AvgIpc) is 3.08. The molecule has 0 unspecified atom stereocenters. The van der Waals surface area contributed by atoms with Crippen LogP contribution in [0.15, 0.2) is 72.3 Å². The van der Waals surface area contributed by atoms with Crippen LogP contribution >= 0.6 is 7.60 Å². The number of allylic oxidation sites excluding steroid dienone is 2. The molecule has 0 spiro atoms. The number of para-hydroxylation sites is 1. The van der Waals surface area contributed by atoms with E-state index in [0.29, 0.717) is 0 Å². The first-order valence-electron chi connectivity index (χ1n) is 9.04. The van der Waals surface area contributed by atoms with E-state index in [1.165, 1.54) is 38.8 Å². The molecule has 0 saturated carbocycles. The van der Waals surface area contributed by atoms with Crippen LogP contribution in [0.4, 0.5) is 5.69 Å². The normalized spacial score (nSPS) is 13.4. The summed E-state index contributed by atoms with van der Waals surface area (Å²) in [6.07, 6.45) is 8.73. The lowest BCUT2D eigenvalue weighted by atomic mass is 9.91. The van der Waals surface area contributed by atoms with Crippen molar-refractivity contribution in [1.82, 2.24) is 0 Å². The molecule has 0 bridgehead atoms. The van der Waals surface area contributed by atoms with Gasteiger partial charge in [-0.1, -0.05) is 66.8 Å². The lowest BCUT2D eigenvalue weighted by Crippen LogP contribution is -2.29. The fraction of sp³-hybridized carbons (Fsp3) is 0.0870. The molecule has 0 fully saturated rings. The molecule has 28 heavy (non-hydrogen) atoms. The lowest BCUT2D eigenvalue weighted by Gasteiger charge is -2.11. The summed E-state index contributed by atoms with van der Waals surface area (Å²) in [5.41, 5.74) is 4.96. The van der Waals surface area contributed by atoms with E-state index in [2.05, 4.69) is 73.3 Å². The van der Waals surface area contributed by atoms with E-state index in [9.17, 15) is 4.57 Å². The maximum absolute atomic E-state index is 9.85. The number of hydrogen-bond acceptors (Lipinski definition) is 2. The SMILES string of the molecule is C1=Cc2c(c3c(c4ccccc24)-c2ccccc2N=3)=CC1.C=CCP(=O)(O)O. The third kappa shape index (κ3) is 3.38. The monoisotopic (exact) mass is 389 g/mol. The second-order valence-corrected chi connectivity index (χ2v) is 8.40. The van der Waals surface area contributed by atoms with Gasteiger partial charge in [0.05, 0.1) is 17.2 Å². The van der Waals surface area contributed by atoms with Crippen LogP contribution in [0.2, 0.25) is 0 Å². The summed E-state index contributed by atoms with van der Waals surface area (Å²) >= 11 is 0. The van der Waals surface area contributed by atoms with E-state index in [1.54, 1.807) is 0 Å². The van der Waals surface area contributed by atoms with Gasteiger partial charge in [0.2, 0.25) is 0 Å². The predicted molar refractivity (Wildman–Crippen MR) is 115 cm³/mol. The summed E-state index contributed by atoms with van der Waals surface area (Å²) in [6, 6.07) is 17.1. The van der Waals surface area contributed by atoms with Crippen molar-refractivity contribution < 1.29 is 14.4 Å². The van der Waals surface area contributed by atoms with E-state index >= 15 is 0 Å². The number of benzene rings is 3. The van der Waals surface area contributed by atoms with Gasteiger partial charge < -0.3 is 9.79 Å². The van der Waals surface area contributed by atoms with Crippen molar-refractivity contribution in [2.24, 2.45) is 4.99 Å². The molecule has 2 N–H and O–H groups in total. The number of nitrogens with zero attached hydrogens (tertiary/aromatic N) is 1. The molecule has 4 nitrogen and oxygen atoms in total. The smallest absolute Gasteiger partial charge is 0.324 e. The minimum atomic E-state index is -3.78. The summed E-state index contributed by atoms with van der Waals surface area (Å²) in [6.45, 7) is 3.15. The van der Waals surface area contributed by atoms with Gasteiger partial charge in [0.25, 0.3) is 0 Å². The highest BCUT2D eigenvalue weighted by Crippen LogP contribution is 2.37. The summed E-state index contributed by atoms with van der Waals surface area (Å²) in [5.74, 6) is 0. The van der Waals surface area contributed by atoms with Crippen LogP contribution < -0.4 is 10.6 Å². The molecule has 0 aromatic heterocycles. The lowest BCUT2D eigenvalue weighted by molar-refractivity contribution is 0.377. The standard InChI is InChI=1S/C20H13N.C3H7O3P/c1-3-9-15-13(7-1)14-8-2-4-10-16(14)20-19(15)17-11-5-6-12-18(17)21-20;1-2-3-7(4,5)6/h1-3,5-12H,4H2;2H,1,3H2,(H2,4,5,6). The predicted octanol–water partition coefficient (Wildman–Crippen LogP) is 4.32. The molecule has 2 aliphatic rings. The van der Waals surface area contributed by atoms with Crippen LogP contribution in [-0.2, 0) is 4.57 Å². The fourth-order valence-corrected chi connectivity index (χ4v) is 4.03. The third-order valence-corrected chi connectivity index (χ3v) is 5.52. The molecule has 0 radical (unpaired) electrons. The molecule has 0 atom stereocenters. The minimum absolute atomic E-state index is 0.229.